The number of sulfonamides is 1. The first-order valence-corrected chi connectivity index (χ1v) is 10.3. The zero-order valence-electron chi connectivity index (χ0n) is 14.5. The second kappa shape index (κ2) is 8.01. The molecule has 0 bridgehead atoms. The molecule has 0 unspecified atom stereocenters. The Balaban J connectivity index is 1.94. The fraction of sp³-hybridized carbons (Fsp3) is 0.350. The topological polar surface area (TPSA) is 77.5 Å². The average Bonchev–Trinajstić information content (AvgIpc) is 2.67. The Kier molecular flexibility index (Phi) is 5.74. The molecule has 3 rings (SSSR count). The van der Waals surface area contributed by atoms with Gasteiger partial charge in [0.2, 0.25) is 10.0 Å². The van der Waals surface area contributed by atoms with Gasteiger partial charge < -0.3 is 9.90 Å². The minimum absolute atomic E-state index is 0.0313. The Morgan fingerprint density at radius 1 is 0.962 bits per heavy atom. The van der Waals surface area contributed by atoms with Gasteiger partial charge in [-0.3, -0.25) is 0 Å². The molecule has 1 aliphatic carbocycles. The van der Waals surface area contributed by atoms with E-state index in [2.05, 4.69) is 0 Å². The van der Waals surface area contributed by atoms with Crippen LogP contribution in [-0.2, 0) is 16.6 Å². The molecule has 6 heteroatoms. The van der Waals surface area contributed by atoms with Crippen LogP contribution in [0.3, 0.4) is 0 Å². The maximum absolute atomic E-state index is 13.3. The summed E-state index contributed by atoms with van der Waals surface area (Å²) in [5.41, 5.74) is 0.907. The highest BCUT2D eigenvalue weighted by Crippen LogP contribution is 2.29. The number of carbonyl (C=O) groups excluding carboxylic acids is 1. The molecule has 1 aliphatic rings. The molecule has 5 nitrogen and oxygen atoms in total. The molecule has 0 spiro atoms. The first kappa shape index (κ1) is 18.6. The molecule has 1 saturated carbocycles. The maximum atomic E-state index is 13.3. The number of rotatable bonds is 6. The molecule has 2 aromatic carbocycles. The molecule has 0 radical (unpaired) electrons. The monoisotopic (exact) mass is 372 g/mol. The van der Waals surface area contributed by atoms with Crippen molar-refractivity contribution in [1.82, 2.24) is 4.31 Å². The normalized spacial score (nSPS) is 15.9. The van der Waals surface area contributed by atoms with Gasteiger partial charge in [0.1, 0.15) is 0 Å². The van der Waals surface area contributed by atoms with Crippen LogP contribution in [0.5, 0.6) is 0 Å². The first-order chi connectivity index (χ1) is 12.5. The summed E-state index contributed by atoms with van der Waals surface area (Å²) in [4.78, 5) is 11.0. The van der Waals surface area contributed by atoms with Crippen molar-refractivity contribution in [3.63, 3.8) is 0 Å². The number of hydrogen-bond donors (Lipinski definition) is 0. The van der Waals surface area contributed by atoms with E-state index in [0.717, 1.165) is 37.7 Å². The maximum Gasteiger partial charge on any atom is 0.243 e. The molecular weight excluding hydrogens is 350 g/mol. The molecule has 2 aromatic rings. The van der Waals surface area contributed by atoms with Crippen molar-refractivity contribution >= 4 is 16.0 Å². The molecule has 0 heterocycles. The van der Waals surface area contributed by atoms with E-state index in [9.17, 15) is 18.3 Å². The van der Waals surface area contributed by atoms with E-state index in [1.54, 1.807) is 4.31 Å². The van der Waals surface area contributed by atoms with Gasteiger partial charge >= 0.3 is 0 Å². The van der Waals surface area contributed by atoms with Crippen LogP contribution in [0.2, 0.25) is 0 Å². The third kappa shape index (κ3) is 4.14. The van der Waals surface area contributed by atoms with Crippen molar-refractivity contribution in [2.45, 2.75) is 49.6 Å². The lowest BCUT2D eigenvalue weighted by molar-refractivity contribution is -0.255. The summed E-state index contributed by atoms with van der Waals surface area (Å²) in [5.74, 6) is -1.32. The molecule has 138 valence electrons. The van der Waals surface area contributed by atoms with Gasteiger partial charge in [-0.1, -0.05) is 61.7 Å². The van der Waals surface area contributed by atoms with Crippen molar-refractivity contribution in [3.8, 4) is 0 Å². The van der Waals surface area contributed by atoms with Crippen LogP contribution in [0.1, 0.15) is 48.0 Å². The summed E-state index contributed by atoms with van der Waals surface area (Å²) in [6.45, 7) is 0.316. The quantitative estimate of drug-likeness (QED) is 0.781. The lowest BCUT2D eigenvalue weighted by Gasteiger charge is -2.33. The molecule has 0 atom stereocenters. The SMILES string of the molecule is O=C([O-])c1ccc(S(=O)(=O)N(Cc2ccccc2)C2CCCCC2)cc1. The van der Waals surface area contributed by atoms with Gasteiger partial charge in [0.05, 0.1) is 10.9 Å². The average molecular weight is 372 g/mol. The molecule has 1 fully saturated rings. The van der Waals surface area contributed by atoms with E-state index in [-0.39, 0.29) is 16.5 Å². The molecular formula is C20H22NO4S-. The minimum Gasteiger partial charge on any atom is -0.545 e. The predicted molar refractivity (Wildman–Crippen MR) is 96.8 cm³/mol. The van der Waals surface area contributed by atoms with Crippen LogP contribution < -0.4 is 5.11 Å². The van der Waals surface area contributed by atoms with Gasteiger partial charge in [-0.2, -0.15) is 4.31 Å². The third-order valence-electron chi connectivity index (χ3n) is 4.86. The summed E-state index contributed by atoms with van der Waals surface area (Å²) in [7, 11) is -3.72. The molecule has 0 amide bonds. The second-order valence-corrected chi connectivity index (χ2v) is 8.53. The minimum atomic E-state index is -3.72. The molecule has 26 heavy (non-hydrogen) atoms. The Morgan fingerprint density at radius 3 is 2.15 bits per heavy atom. The number of carboxylic acids is 1. The fourth-order valence-corrected chi connectivity index (χ4v) is 5.11. The fourth-order valence-electron chi connectivity index (χ4n) is 3.44. The van der Waals surface area contributed by atoms with Crippen molar-refractivity contribution in [2.24, 2.45) is 0 Å². The highest BCUT2D eigenvalue weighted by Gasteiger charge is 2.32. The largest absolute Gasteiger partial charge is 0.545 e. The number of benzene rings is 2. The van der Waals surface area contributed by atoms with Gasteiger partial charge in [0.15, 0.2) is 0 Å². The van der Waals surface area contributed by atoms with Crippen molar-refractivity contribution in [1.29, 1.82) is 0 Å². The zero-order chi connectivity index (χ0) is 18.6. The Morgan fingerprint density at radius 2 is 1.58 bits per heavy atom. The summed E-state index contributed by atoms with van der Waals surface area (Å²) >= 11 is 0. The smallest absolute Gasteiger partial charge is 0.243 e. The first-order valence-electron chi connectivity index (χ1n) is 8.85. The highest BCUT2D eigenvalue weighted by atomic mass is 32.2. The lowest BCUT2D eigenvalue weighted by Crippen LogP contribution is -2.40. The van der Waals surface area contributed by atoms with E-state index < -0.39 is 16.0 Å². The van der Waals surface area contributed by atoms with Gasteiger partial charge in [-0.05, 0) is 36.1 Å². The van der Waals surface area contributed by atoms with E-state index in [1.807, 2.05) is 30.3 Å². The van der Waals surface area contributed by atoms with Gasteiger partial charge in [-0.25, -0.2) is 8.42 Å². The standard InChI is InChI=1S/C20H23NO4S/c22-20(23)17-11-13-19(14-12-17)26(24,25)21(18-9-5-2-6-10-18)15-16-7-3-1-4-8-16/h1,3-4,7-8,11-14,18H,2,5-6,9-10,15H2,(H,22,23)/p-1. The number of carbonyl (C=O) groups is 1. The summed E-state index contributed by atoms with van der Waals surface area (Å²) in [6, 6.07) is 14.8. The van der Waals surface area contributed by atoms with Crippen LogP contribution in [0, 0.1) is 0 Å². The van der Waals surface area contributed by atoms with Crippen LogP contribution in [0.15, 0.2) is 59.5 Å². The Labute approximate surface area is 154 Å². The van der Waals surface area contributed by atoms with E-state index in [4.69, 9.17) is 0 Å². The molecule has 0 N–H and O–H groups in total. The van der Waals surface area contributed by atoms with Crippen molar-refractivity contribution in [3.05, 3.63) is 65.7 Å². The predicted octanol–water partition coefficient (Wildman–Crippen LogP) is 2.57. The van der Waals surface area contributed by atoms with E-state index in [1.165, 1.54) is 24.3 Å². The molecule has 0 saturated heterocycles. The summed E-state index contributed by atoms with van der Waals surface area (Å²) < 4.78 is 28.1. The van der Waals surface area contributed by atoms with Crippen LogP contribution in [0.25, 0.3) is 0 Å². The van der Waals surface area contributed by atoms with Gasteiger partial charge in [0.25, 0.3) is 0 Å². The summed E-state index contributed by atoms with van der Waals surface area (Å²) in [5, 5.41) is 10.9. The third-order valence-corrected chi connectivity index (χ3v) is 6.77. The van der Waals surface area contributed by atoms with Gasteiger partial charge in [-0.15, -0.1) is 0 Å². The molecule has 0 aromatic heterocycles. The van der Waals surface area contributed by atoms with Gasteiger partial charge in [0, 0.05) is 12.6 Å². The number of hydrogen-bond acceptors (Lipinski definition) is 4. The van der Waals surface area contributed by atoms with E-state index >= 15 is 0 Å². The van der Waals surface area contributed by atoms with Crippen molar-refractivity contribution in [2.75, 3.05) is 0 Å². The van der Waals surface area contributed by atoms with E-state index in [0.29, 0.717) is 6.54 Å². The van der Waals surface area contributed by atoms with Crippen LogP contribution >= 0.6 is 0 Å². The zero-order valence-corrected chi connectivity index (χ0v) is 15.3. The summed E-state index contributed by atoms with van der Waals surface area (Å²) in [6.07, 6.45) is 4.88. The van der Waals surface area contributed by atoms with Crippen LogP contribution in [-0.4, -0.2) is 24.7 Å². The lowest BCUT2D eigenvalue weighted by atomic mass is 9.95. The van der Waals surface area contributed by atoms with Crippen LogP contribution in [0.4, 0.5) is 0 Å². The Bertz CT molecular complexity index is 841. The Hall–Kier alpha value is -2.18. The second-order valence-electron chi connectivity index (χ2n) is 6.64. The number of aromatic carboxylic acids is 1. The number of carboxylic acid groups (broad SMARTS) is 1. The van der Waals surface area contributed by atoms with Crippen molar-refractivity contribution < 1.29 is 18.3 Å². The highest BCUT2D eigenvalue weighted by molar-refractivity contribution is 7.89. The molecule has 0 aliphatic heterocycles. The number of nitrogens with zero attached hydrogens (tertiary/aromatic N) is 1.